The van der Waals surface area contributed by atoms with Crippen molar-refractivity contribution < 1.29 is 8.42 Å². The maximum Gasteiger partial charge on any atom is 0.206 e. The highest BCUT2D eigenvalue weighted by molar-refractivity contribution is 7.91. The molecule has 0 spiro atoms. The SMILES string of the molecule is CC(C)(C)Nc1cc(S(=O)(=O)c2ccccc2)ccc1-c1ccccc1. The molecule has 0 aliphatic rings. The molecule has 0 unspecified atom stereocenters. The Labute approximate surface area is 155 Å². The Morgan fingerprint density at radius 3 is 1.88 bits per heavy atom. The fourth-order valence-corrected chi connectivity index (χ4v) is 4.11. The third-order valence-corrected chi connectivity index (χ3v) is 5.72. The van der Waals surface area contributed by atoms with Gasteiger partial charge in [-0.2, -0.15) is 0 Å². The average Bonchev–Trinajstić information content (AvgIpc) is 2.62. The molecule has 4 heteroatoms. The highest BCUT2D eigenvalue weighted by Crippen LogP contribution is 2.33. The van der Waals surface area contributed by atoms with E-state index in [1.54, 1.807) is 36.4 Å². The van der Waals surface area contributed by atoms with Crippen LogP contribution in [0.5, 0.6) is 0 Å². The minimum Gasteiger partial charge on any atom is -0.380 e. The molecule has 3 nitrogen and oxygen atoms in total. The van der Waals surface area contributed by atoms with Crippen molar-refractivity contribution in [3.8, 4) is 11.1 Å². The number of sulfone groups is 1. The first-order valence-corrected chi connectivity index (χ1v) is 10.0. The lowest BCUT2D eigenvalue weighted by Crippen LogP contribution is -2.26. The van der Waals surface area contributed by atoms with Gasteiger partial charge in [0.1, 0.15) is 0 Å². The Morgan fingerprint density at radius 2 is 1.31 bits per heavy atom. The second kappa shape index (κ2) is 6.96. The molecule has 0 saturated carbocycles. The van der Waals surface area contributed by atoms with E-state index in [9.17, 15) is 8.42 Å². The normalized spacial score (nSPS) is 12.0. The molecule has 1 N–H and O–H groups in total. The Balaban J connectivity index is 2.14. The van der Waals surface area contributed by atoms with Crippen molar-refractivity contribution in [2.75, 3.05) is 5.32 Å². The van der Waals surface area contributed by atoms with Crippen LogP contribution >= 0.6 is 0 Å². The number of anilines is 1. The number of benzene rings is 3. The lowest BCUT2D eigenvalue weighted by molar-refractivity contribution is 0.595. The lowest BCUT2D eigenvalue weighted by atomic mass is 10.0. The van der Waals surface area contributed by atoms with Crippen LogP contribution in [-0.2, 0) is 9.84 Å². The van der Waals surface area contributed by atoms with Gasteiger partial charge in [-0.05, 0) is 50.6 Å². The zero-order chi connectivity index (χ0) is 18.8. The minimum absolute atomic E-state index is 0.196. The van der Waals surface area contributed by atoms with Crippen LogP contribution in [0.1, 0.15) is 20.8 Å². The van der Waals surface area contributed by atoms with Gasteiger partial charge in [-0.25, -0.2) is 8.42 Å². The number of rotatable bonds is 4. The summed E-state index contributed by atoms with van der Waals surface area (Å²) in [4.78, 5) is 0.587. The Hall–Kier alpha value is -2.59. The smallest absolute Gasteiger partial charge is 0.206 e. The van der Waals surface area contributed by atoms with E-state index in [0.717, 1.165) is 16.8 Å². The van der Waals surface area contributed by atoms with Gasteiger partial charge in [0.25, 0.3) is 0 Å². The molecule has 3 aromatic rings. The quantitative estimate of drug-likeness (QED) is 0.673. The van der Waals surface area contributed by atoms with Gasteiger partial charge in [0.15, 0.2) is 0 Å². The summed E-state index contributed by atoms with van der Waals surface area (Å²) < 4.78 is 25.9. The van der Waals surface area contributed by atoms with Gasteiger partial charge in [0, 0.05) is 16.8 Å². The fourth-order valence-electron chi connectivity index (χ4n) is 2.80. The lowest BCUT2D eigenvalue weighted by Gasteiger charge is -2.25. The molecule has 26 heavy (non-hydrogen) atoms. The van der Waals surface area contributed by atoms with E-state index in [2.05, 4.69) is 26.1 Å². The monoisotopic (exact) mass is 365 g/mol. The second-order valence-electron chi connectivity index (χ2n) is 7.26. The van der Waals surface area contributed by atoms with Gasteiger partial charge in [-0.3, -0.25) is 0 Å². The highest BCUT2D eigenvalue weighted by Gasteiger charge is 2.21. The largest absolute Gasteiger partial charge is 0.380 e. The third-order valence-electron chi connectivity index (χ3n) is 3.95. The van der Waals surface area contributed by atoms with Crippen molar-refractivity contribution in [2.45, 2.75) is 36.1 Å². The maximum atomic E-state index is 13.0. The first-order valence-electron chi connectivity index (χ1n) is 8.55. The summed E-state index contributed by atoms with van der Waals surface area (Å²) in [5.41, 5.74) is 2.63. The van der Waals surface area contributed by atoms with Gasteiger partial charge < -0.3 is 5.32 Å². The molecule has 0 aliphatic heterocycles. The van der Waals surface area contributed by atoms with E-state index >= 15 is 0 Å². The average molecular weight is 365 g/mol. The molecular formula is C22H23NO2S. The van der Waals surface area contributed by atoms with Gasteiger partial charge in [0.05, 0.1) is 9.79 Å². The minimum atomic E-state index is -3.56. The molecule has 0 aliphatic carbocycles. The molecular weight excluding hydrogens is 342 g/mol. The van der Waals surface area contributed by atoms with Crippen LogP contribution in [0.15, 0.2) is 88.7 Å². The van der Waals surface area contributed by atoms with Crippen molar-refractivity contribution in [1.82, 2.24) is 0 Å². The number of nitrogens with one attached hydrogen (secondary N) is 1. The highest BCUT2D eigenvalue weighted by atomic mass is 32.2. The molecule has 0 saturated heterocycles. The van der Waals surface area contributed by atoms with E-state index in [0.29, 0.717) is 4.90 Å². The van der Waals surface area contributed by atoms with E-state index < -0.39 is 9.84 Å². The third kappa shape index (κ3) is 3.97. The predicted molar refractivity (Wildman–Crippen MR) is 107 cm³/mol. The van der Waals surface area contributed by atoms with E-state index in [1.807, 2.05) is 42.5 Å². The van der Waals surface area contributed by atoms with E-state index in [1.165, 1.54) is 0 Å². The molecule has 0 heterocycles. The van der Waals surface area contributed by atoms with Gasteiger partial charge in [-0.1, -0.05) is 54.6 Å². The van der Waals surface area contributed by atoms with Crippen LogP contribution in [0, 0.1) is 0 Å². The standard InChI is InChI=1S/C22H23NO2S/c1-22(2,3)23-21-16-19(26(24,25)18-12-8-5-9-13-18)14-15-20(21)17-10-6-4-7-11-17/h4-16,23H,1-3H3. The molecule has 3 rings (SSSR count). The van der Waals surface area contributed by atoms with Crippen LogP contribution < -0.4 is 5.32 Å². The number of hydrogen-bond acceptors (Lipinski definition) is 3. The molecule has 134 valence electrons. The summed E-state index contributed by atoms with van der Waals surface area (Å²) in [5, 5.41) is 3.45. The molecule has 0 aromatic heterocycles. The molecule has 0 atom stereocenters. The van der Waals surface area contributed by atoms with Crippen LogP contribution in [-0.4, -0.2) is 14.0 Å². The number of hydrogen-bond donors (Lipinski definition) is 1. The van der Waals surface area contributed by atoms with Crippen LogP contribution in [0.3, 0.4) is 0 Å². The van der Waals surface area contributed by atoms with Crippen molar-refractivity contribution >= 4 is 15.5 Å². The summed E-state index contributed by atoms with van der Waals surface area (Å²) in [7, 11) is -3.56. The first kappa shape index (κ1) is 18.2. The van der Waals surface area contributed by atoms with Gasteiger partial charge in [0.2, 0.25) is 9.84 Å². The first-order chi connectivity index (χ1) is 12.3. The molecule has 0 bridgehead atoms. The fraction of sp³-hybridized carbons (Fsp3) is 0.182. The zero-order valence-electron chi connectivity index (χ0n) is 15.2. The van der Waals surface area contributed by atoms with Gasteiger partial charge >= 0.3 is 0 Å². The summed E-state index contributed by atoms with van der Waals surface area (Å²) in [6, 6.07) is 23.8. The van der Waals surface area contributed by atoms with Crippen molar-refractivity contribution in [1.29, 1.82) is 0 Å². The Bertz CT molecular complexity index is 989. The van der Waals surface area contributed by atoms with Crippen molar-refractivity contribution in [2.24, 2.45) is 0 Å². The Kier molecular flexibility index (Phi) is 4.88. The van der Waals surface area contributed by atoms with Gasteiger partial charge in [-0.15, -0.1) is 0 Å². The molecule has 0 radical (unpaired) electrons. The molecule has 3 aromatic carbocycles. The molecule has 0 amide bonds. The van der Waals surface area contributed by atoms with E-state index in [-0.39, 0.29) is 10.4 Å². The summed E-state index contributed by atoms with van der Waals surface area (Å²) in [6.45, 7) is 6.17. The zero-order valence-corrected chi connectivity index (χ0v) is 16.0. The van der Waals surface area contributed by atoms with Crippen LogP contribution in [0.2, 0.25) is 0 Å². The molecule has 0 fully saturated rings. The summed E-state index contributed by atoms with van der Waals surface area (Å²) in [5.74, 6) is 0. The second-order valence-corrected chi connectivity index (χ2v) is 9.21. The summed E-state index contributed by atoms with van der Waals surface area (Å²) in [6.07, 6.45) is 0. The maximum absolute atomic E-state index is 13.0. The van der Waals surface area contributed by atoms with Crippen LogP contribution in [0.25, 0.3) is 11.1 Å². The Morgan fingerprint density at radius 1 is 0.731 bits per heavy atom. The summed E-state index contributed by atoms with van der Waals surface area (Å²) >= 11 is 0. The van der Waals surface area contributed by atoms with Crippen molar-refractivity contribution in [3.05, 3.63) is 78.9 Å². The van der Waals surface area contributed by atoms with Crippen molar-refractivity contribution in [3.63, 3.8) is 0 Å². The topological polar surface area (TPSA) is 46.2 Å². The van der Waals surface area contributed by atoms with E-state index in [4.69, 9.17) is 0 Å². The van der Waals surface area contributed by atoms with Crippen LogP contribution in [0.4, 0.5) is 5.69 Å². The predicted octanol–water partition coefficient (Wildman–Crippen LogP) is 5.40.